The van der Waals surface area contributed by atoms with Crippen molar-refractivity contribution in [3.05, 3.63) is 60.0 Å². The van der Waals surface area contributed by atoms with Crippen LogP contribution in [-0.2, 0) is 17.1 Å². The number of nitrogens with zero attached hydrogens (tertiary/aromatic N) is 2. The quantitative estimate of drug-likeness (QED) is 0.652. The Balaban J connectivity index is 2.11. The lowest BCUT2D eigenvalue weighted by atomic mass is 10.1. The van der Waals surface area contributed by atoms with Crippen LogP contribution >= 0.6 is 0 Å². The molecule has 0 fully saturated rings. The number of anilines is 1. The predicted molar refractivity (Wildman–Crippen MR) is 99.4 cm³/mol. The molecule has 0 radical (unpaired) electrons. The Labute approximate surface area is 160 Å². The van der Waals surface area contributed by atoms with Gasteiger partial charge in [-0.3, -0.25) is 9.40 Å². The molecule has 0 bridgehead atoms. The minimum absolute atomic E-state index is 0.0667. The second-order valence-corrected chi connectivity index (χ2v) is 7.47. The van der Waals surface area contributed by atoms with Crippen LogP contribution in [0.2, 0.25) is 0 Å². The number of sulfonamides is 1. The van der Waals surface area contributed by atoms with Crippen molar-refractivity contribution in [2.24, 2.45) is 7.05 Å². The number of methoxy groups -OCH3 is 1. The Morgan fingerprint density at radius 2 is 1.75 bits per heavy atom. The SMILES string of the molecule is COc1ccc(S(=O)(=O)Nc2c(-c3ccc(F)cc3)nn(C)c2C(=O)O)cc1. The molecule has 1 heterocycles. The zero-order valence-electron chi connectivity index (χ0n) is 14.9. The molecule has 0 aliphatic carbocycles. The summed E-state index contributed by atoms with van der Waals surface area (Å²) in [7, 11) is -1.29. The van der Waals surface area contributed by atoms with Crippen LogP contribution in [0.5, 0.6) is 5.75 Å². The standard InChI is InChI=1S/C18H16FN3O5S/c1-22-17(18(23)24)16(15(20-22)11-3-5-12(19)6-4-11)21-28(25,26)14-9-7-13(27-2)8-10-14/h3-10,21H,1-2H3,(H,23,24). The Kier molecular flexibility index (Phi) is 5.06. The number of rotatable bonds is 6. The first-order chi connectivity index (χ1) is 13.2. The molecule has 3 aromatic rings. The molecule has 28 heavy (non-hydrogen) atoms. The average molecular weight is 405 g/mol. The van der Waals surface area contributed by atoms with E-state index in [0.717, 1.165) is 4.68 Å². The van der Waals surface area contributed by atoms with E-state index in [-0.39, 0.29) is 22.0 Å². The zero-order chi connectivity index (χ0) is 20.5. The van der Waals surface area contributed by atoms with Crippen LogP contribution < -0.4 is 9.46 Å². The van der Waals surface area contributed by atoms with Gasteiger partial charge in [0.15, 0.2) is 5.69 Å². The third kappa shape index (κ3) is 3.67. The van der Waals surface area contributed by atoms with Gasteiger partial charge in [-0.1, -0.05) is 0 Å². The summed E-state index contributed by atoms with van der Waals surface area (Å²) in [5.74, 6) is -1.38. The molecular weight excluding hydrogens is 389 g/mol. The number of benzene rings is 2. The number of aromatic carboxylic acids is 1. The zero-order valence-corrected chi connectivity index (χ0v) is 15.7. The summed E-state index contributed by atoms with van der Waals surface area (Å²) in [5, 5.41) is 13.6. The van der Waals surface area contributed by atoms with Crippen molar-refractivity contribution in [3.63, 3.8) is 0 Å². The Morgan fingerprint density at radius 3 is 2.29 bits per heavy atom. The number of ether oxygens (including phenoxy) is 1. The summed E-state index contributed by atoms with van der Waals surface area (Å²) >= 11 is 0. The van der Waals surface area contributed by atoms with Gasteiger partial charge in [0.05, 0.1) is 12.0 Å². The fourth-order valence-electron chi connectivity index (χ4n) is 2.62. The third-order valence-electron chi connectivity index (χ3n) is 3.97. The summed E-state index contributed by atoms with van der Waals surface area (Å²) in [6.45, 7) is 0. The molecule has 0 saturated heterocycles. The first-order valence-electron chi connectivity index (χ1n) is 7.96. The van der Waals surface area contributed by atoms with Gasteiger partial charge in [0, 0.05) is 12.6 Å². The number of hydrogen-bond donors (Lipinski definition) is 2. The van der Waals surface area contributed by atoms with Crippen LogP contribution in [0.15, 0.2) is 53.4 Å². The van der Waals surface area contributed by atoms with Gasteiger partial charge in [-0.05, 0) is 48.5 Å². The maximum atomic E-state index is 13.2. The minimum atomic E-state index is -4.12. The maximum absolute atomic E-state index is 13.2. The molecule has 0 aliphatic heterocycles. The van der Waals surface area contributed by atoms with Gasteiger partial charge in [0.1, 0.15) is 22.9 Å². The number of carboxylic acids is 1. The largest absolute Gasteiger partial charge is 0.497 e. The number of carbonyl (C=O) groups is 1. The van der Waals surface area contributed by atoms with Crippen molar-refractivity contribution in [2.45, 2.75) is 4.90 Å². The molecule has 3 rings (SSSR count). The monoisotopic (exact) mass is 405 g/mol. The molecule has 8 nitrogen and oxygen atoms in total. The fourth-order valence-corrected chi connectivity index (χ4v) is 3.70. The van der Waals surface area contributed by atoms with Crippen molar-refractivity contribution in [1.82, 2.24) is 9.78 Å². The number of hydrogen-bond acceptors (Lipinski definition) is 5. The van der Waals surface area contributed by atoms with Gasteiger partial charge < -0.3 is 9.84 Å². The summed E-state index contributed by atoms with van der Waals surface area (Å²) in [6.07, 6.45) is 0. The number of aromatic nitrogens is 2. The highest BCUT2D eigenvalue weighted by Gasteiger charge is 2.27. The normalized spacial score (nSPS) is 11.2. The van der Waals surface area contributed by atoms with Gasteiger partial charge in [-0.25, -0.2) is 17.6 Å². The molecule has 0 amide bonds. The molecule has 0 spiro atoms. The van der Waals surface area contributed by atoms with Crippen molar-refractivity contribution < 1.29 is 27.4 Å². The lowest BCUT2D eigenvalue weighted by Crippen LogP contribution is -2.16. The average Bonchev–Trinajstić information content (AvgIpc) is 2.98. The van der Waals surface area contributed by atoms with Crippen LogP contribution in [0, 0.1) is 5.82 Å². The Morgan fingerprint density at radius 1 is 1.14 bits per heavy atom. The van der Waals surface area contributed by atoms with Crippen LogP contribution in [0.4, 0.5) is 10.1 Å². The van der Waals surface area contributed by atoms with E-state index in [1.165, 1.54) is 62.7 Å². The topological polar surface area (TPSA) is 111 Å². The molecule has 0 aliphatic rings. The maximum Gasteiger partial charge on any atom is 0.356 e. The van der Waals surface area contributed by atoms with Crippen molar-refractivity contribution in [3.8, 4) is 17.0 Å². The van der Waals surface area contributed by atoms with Crippen LogP contribution in [0.3, 0.4) is 0 Å². The molecule has 146 valence electrons. The summed E-state index contributed by atoms with van der Waals surface area (Å²) in [5.41, 5.74) is -0.136. The highest BCUT2D eigenvalue weighted by Crippen LogP contribution is 2.32. The van der Waals surface area contributed by atoms with E-state index in [9.17, 15) is 22.7 Å². The second-order valence-electron chi connectivity index (χ2n) is 5.79. The molecule has 0 unspecified atom stereocenters. The van der Waals surface area contributed by atoms with Crippen LogP contribution in [0.25, 0.3) is 11.3 Å². The Bertz CT molecular complexity index is 1120. The first kappa shape index (κ1) is 19.4. The first-order valence-corrected chi connectivity index (χ1v) is 9.44. The highest BCUT2D eigenvalue weighted by molar-refractivity contribution is 7.92. The van der Waals surface area contributed by atoms with E-state index >= 15 is 0 Å². The molecule has 1 aromatic heterocycles. The Hall–Kier alpha value is -3.40. The molecule has 0 atom stereocenters. The fraction of sp³-hybridized carbons (Fsp3) is 0.111. The second kappa shape index (κ2) is 7.31. The van der Waals surface area contributed by atoms with E-state index in [4.69, 9.17) is 4.74 Å². The van der Waals surface area contributed by atoms with E-state index in [1.54, 1.807) is 0 Å². The van der Waals surface area contributed by atoms with Crippen molar-refractivity contribution in [1.29, 1.82) is 0 Å². The lowest BCUT2D eigenvalue weighted by molar-refractivity contribution is 0.0686. The molecule has 10 heteroatoms. The smallest absolute Gasteiger partial charge is 0.356 e. The third-order valence-corrected chi connectivity index (χ3v) is 5.34. The van der Waals surface area contributed by atoms with Gasteiger partial charge >= 0.3 is 5.97 Å². The van der Waals surface area contributed by atoms with Crippen LogP contribution in [-0.4, -0.2) is 36.4 Å². The predicted octanol–water partition coefficient (Wildman–Crippen LogP) is 2.73. The summed E-state index contributed by atoms with van der Waals surface area (Å²) in [4.78, 5) is 11.6. The lowest BCUT2D eigenvalue weighted by Gasteiger charge is -2.10. The molecule has 0 saturated carbocycles. The van der Waals surface area contributed by atoms with E-state index in [2.05, 4.69) is 9.82 Å². The molecular formula is C18H16FN3O5S. The van der Waals surface area contributed by atoms with E-state index in [0.29, 0.717) is 11.3 Å². The van der Waals surface area contributed by atoms with E-state index < -0.39 is 21.8 Å². The number of aryl methyl sites for hydroxylation is 1. The molecule has 2 aromatic carbocycles. The minimum Gasteiger partial charge on any atom is -0.497 e. The van der Waals surface area contributed by atoms with Gasteiger partial charge in [-0.2, -0.15) is 5.10 Å². The van der Waals surface area contributed by atoms with Crippen LogP contribution in [0.1, 0.15) is 10.5 Å². The van der Waals surface area contributed by atoms with Gasteiger partial charge in [0.25, 0.3) is 10.0 Å². The number of carboxylic acid groups (broad SMARTS) is 1. The highest BCUT2D eigenvalue weighted by atomic mass is 32.2. The summed E-state index contributed by atoms with van der Waals surface area (Å²) in [6, 6.07) is 10.7. The van der Waals surface area contributed by atoms with Crippen molar-refractivity contribution >= 4 is 21.7 Å². The van der Waals surface area contributed by atoms with Gasteiger partial charge in [0.2, 0.25) is 0 Å². The number of nitrogens with one attached hydrogen (secondary N) is 1. The van der Waals surface area contributed by atoms with Gasteiger partial charge in [-0.15, -0.1) is 0 Å². The van der Waals surface area contributed by atoms with Crippen molar-refractivity contribution in [2.75, 3.05) is 11.8 Å². The van der Waals surface area contributed by atoms with E-state index in [1.807, 2.05) is 0 Å². The molecule has 2 N–H and O–H groups in total. The number of halogens is 1. The summed E-state index contributed by atoms with van der Waals surface area (Å²) < 4.78 is 47.1.